The van der Waals surface area contributed by atoms with Crippen molar-refractivity contribution in [3.05, 3.63) is 35.6 Å². The molecule has 66 valence electrons. The van der Waals surface area contributed by atoms with Crippen LogP contribution in [0.15, 0.2) is 35.6 Å². The van der Waals surface area contributed by atoms with Crippen LogP contribution in [-0.4, -0.2) is 5.11 Å². The molecule has 1 aliphatic carbocycles. The first kappa shape index (κ1) is 9.11. The second kappa shape index (κ2) is 2.81. The molecule has 0 aromatic carbocycles. The summed E-state index contributed by atoms with van der Waals surface area (Å²) in [6.07, 6.45) is 4.57. The van der Waals surface area contributed by atoms with Gasteiger partial charge in [-0.2, -0.15) is 0 Å². The highest BCUT2D eigenvalue weighted by atomic mass is 16.3. The Morgan fingerprint density at radius 2 is 2.00 bits per heavy atom. The summed E-state index contributed by atoms with van der Waals surface area (Å²) >= 11 is 0. The van der Waals surface area contributed by atoms with Gasteiger partial charge in [-0.25, -0.2) is 0 Å². The molecule has 0 bridgehead atoms. The van der Waals surface area contributed by atoms with E-state index in [1.807, 2.05) is 12.2 Å². The molecule has 0 radical (unpaired) electrons. The molecule has 0 unspecified atom stereocenters. The predicted octanol–water partition coefficient (Wildman–Crippen LogP) is 3.36. The molecule has 1 N–H and O–H groups in total. The van der Waals surface area contributed by atoms with E-state index in [0.29, 0.717) is 5.76 Å². The first-order valence-electron chi connectivity index (χ1n) is 4.20. The van der Waals surface area contributed by atoms with Crippen LogP contribution in [0.3, 0.4) is 0 Å². The van der Waals surface area contributed by atoms with Crippen molar-refractivity contribution in [2.75, 3.05) is 0 Å². The van der Waals surface area contributed by atoms with E-state index in [0.717, 1.165) is 17.6 Å². The van der Waals surface area contributed by atoms with Crippen LogP contribution in [0.2, 0.25) is 0 Å². The zero-order valence-electron chi connectivity index (χ0n) is 8.02. The summed E-state index contributed by atoms with van der Waals surface area (Å²) in [5, 5.41) is 9.57. The third-order valence-corrected chi connectivity index (χ3v) is 1.99. The van der Waals surface area contributed by atoms with Gasteiger partial charge in [-0.15, -0.1) is 0 Å². The van der Waals surface area contributed by atoms with Gasteiger partial charge in [0.1, 0.15) is 5.76 Å². The van der Waals surface area contributed by atoms with Gasteiger partial charge in [0, 0.05) is 0 Å². The average Bonchev–Trinajstić information content (AvgIpc) is 1.92. The first-order valence-corrected chi connectivity index (χ1v) is 4.20. The second-order valence-corrected chi connectivity index (χ2v) is 4.26. The average molecular weight is 164 g/mol. The van der Waals surface area contributed by atoms with E-state index in [4.69, 9.17) is 0 Å². The largest absolute Gasteiger partial charge is 0.508 e. The van der Waals surface area contributed by atoms with Gasteiger partial charge < -0.3 is 5.11 Å². The van der Waals surface area contributed by atoms with Gasteiger partial charge in [-0.05, 0) is 23.5 Å². The summed E-state index contributed by atoms with van der Waals surface area (Å²) < 4.78 is 0. The van der Waals surface area contributed by atoms with Crippen molar-refractivity contribution >= 4 is 0 Å². The van der Waals surface area contributed by atoms with Crippen LogP contribution < -0.4 is 0 Å². The highest BCUT2D eigenvalue weighted by molar-refractivity contribution is 5.41. The first-order chi connectivity index (χ1) is 5.41. The minimum atomic E-state index is 0.00391. The van der Waals surface area contributed by atoms with Crippen LogP contribution in [0, 0.1) is 5.41 Å². The molecule has 12 heavy (non-hydrogen) atoms. The molecule has 0 saturated carbocycles. The third kappa shape index (κ3) is 1.79. The Bertz CT molecular complexity index is 261. The van der Waals surface area contributed by atoms with Crippen LogP contribution >= 0.6 is 0 Å². The lowest BCUT2D eigenvalue weighted by atomic mass is 9.81. The Kier molecular flexibility index (Phi) is 2.14. The van der Waals surface area contributed by atoms with E-state index in [1.165, 1.54) is 0 Å². The Balaban J connectivity index is 3.02. The molecule has 0 amide bonds. The Labute approximate surface area is 74.1 Å². The maximum absolute atomic E-state index is 9.57. The van der Waals surface area contributed by atoms with Crippen LogP contribution in [0.1, 0.15) is 27.2 Å². The minimum absolute atomic E-state index is 0.00391. The summed E-state index contributed by atoms with van der Waals surface area (Å²) in [5.74, 6) is 0.412. The van der Waals surface area contributed by atoms with Crippen LogP contribution in [0.5, 0.6) is 0 Å². The summed E-state index contributed by atoms with van der Waals surface area (Å²) in [4.78, 5) is 0. The summed E-state index contributed by atoms with van der Waals surface area (Å²) in [6.45, 7) is 10.1. The molecular weight excluding hydrogens is 148 g/mol. The van der Waals surface area contributed by atoms with Crippen molar-refractivity contribution in [3.63, 3.8) is 0 Å². The molecule has 0 saturated heterocycles. The van der Waals surface area contributed by atoms with Gasteiger partial charge in [0.15, 0.2) is 0 Å². The number of aliphatic hydroxyl groups excluding tert-OH is 1. The number of hydrogen-bond donors (Lipinski definition) is 1. The summed E-state index contributed by atoms with van der Waals surface area (Å²) in [5.41, 5.74) is 2.06. The molecule has 0 aromatic heterocycles. The van der Waals surface area contributed by atoms with E-state index in [2.05, 4.69) is 27.4 Å². The van der Waals surface area contributed by atoms with Crippen molar-refractivity contribution < 1.29 is 5.11 Å². The normalized spacial score (nSPS) is 18.8. The minimum Gasteiger partial charge on any atom is -0.508 e. The smallest absolute Gasteiger partial charge is 0.115 e. The van der Waals surface area contributed by atoms with E-state index < -0.39 is 0 Å². The molecule has 0 aromatic rings. The zero-order chi connectivity index (χ0) is 9.35. The van der Waals surface area contributed by atoms with Crippen LogP contribution in [0.25, 0.3) is 0 Å². The van der Waals surface area contributed by atoms with E-state index in [-0.39, 0.29) is 5.41 Å². The topological polar surface area (TPSA) is 20.2 Å². The van der Waals surface area contributed by atoms with Gasteiger partial charge in [-0.3, -0.25) is 0 Å². The maximum atomic E-state index is 9.57. The Morgan fingerprint density at radius 1 is 1.42 bits per heavy atom. The SMILES string of the molecule is C=C1C=C(C(C)(C)C)C(O)=CC1. The Hall–Kier alpha value is -0.980. The summed E-state index contributed by atoms with van der Waals surface area (Å²) in [7, 11) is 0. The zero-order valence-corrected chi connectivity index (χ0v) is 8.02. The molecule has 0 fully saturated rings. The highest BCUT2D eigenvalue weighted by Gasteiger charge is 2.22. The van der Waals surface area contributed by atoms with Crippen molar-refractivity contribution in [1.29, 1.82) is 0 Å². The third-order valence-electron chi connectivity index (χ3n) is 1.99. The van der Waals surface area contributed by atoms with Gasteiger partial charge in [0.25, 0.3) is 0 Å². The molecule has 0 spiro atoms. The molecule has 1 heteroatoms. The number of aliphatic hydroxyl groups is 1. The Morgan fingerprint density at radius 3 is 2.42 bits per heavy atom. The standard InChI is InChI=1S/C11H16O/c1-8-5-6-10(12)9(7-8)11(2,3)4/h6-7,12H,1,5H2,2-4H3. The molecule has 1 rings (SSSR count). The molecule has 0 aliphatic heterocycles. The van der Waals surface area contributed by atoms with Crippen molar-refractivity contribution in [2.45, 2.75) is 27.2 Å². The second-order valence-electron chi connectivity index (χ2n) is 4.26. The number of hydrogen-bond acceptors (Lipinski definition) is 1. The maximum Gasteiger partial charge on any atom is 0.115 e. The quantitative estimate of drug-likeness (QED) is 0.582. The van der Waals surface area contributed by atoms with E-state index in [9.17, 15) is 5.11 Å². The van der Waals surface area contributed by atoms with Crippen LogP contribution in [-0.2, 0) is 0 Å². The molecule has 1 aliphatic rings. The van der Waals surface area contributed by atoms with E-state index >= 15 is 0 Å². The number of allylic oxidation sites excluding steroid dienone is 4. The van der Waals surface area contributed by atoms with Crippen molar-refractivity contribution in [1.82, 2.24) is 0 Å². The summed E-state index contributed by atoms with van der Waals surface area (Å²) in [6, 6.07) is 0. The van der Waals surface area contributed by atoms with E-state index in [1.54, 1.807) is 0 Å². The fourth-order valence-electron chi connectivity index (χ4n) is 1.28. The highest BCUT2D eigenvalue weighted by Crippen LogP contribution is 2.34. The van der Waals surface area contributed by atoms with Crippen LogP contribution in [0.4, 0.5) is 0 Å². The van der Waals surface area contributed by atoms with Gasteiger partial charge >= 0.3 is 0 Å². The molecule has 0 heterocycles. The van der Waals surface area contributed by atoms with Gasteiger partial charge in [-0.1, -0.05) is 39.0 Å². The lowest BCUT2D eigenvalue weighted by Crippen LogP contribution is -2.13. The van der Waals surface area contributed by atoms with Gasteiger partial charge in [0.05, 0.1) is 0 Å². The lowest BCUT2D eigenvalue weighted by Gasteiger charge is -2.25. The van der Waals surface area contributed by atoms with Crippen molar-refractivity contribution in [3.8, 4) is 0 Å². The lowest BCUT2D eigenvalue weighted by molar-refractivity contribution is 0.375. The number of rotatable bonds is 0. The molecular formula is C11H16O. The molecule has 1 nitrogen and oxygen atoms in total. The predicted molar refractivity (Wildman–Crippen MR) is 52.0 cm³/mol. The monoisotopic (exact) mass is 164 g/mol. The fraction of sp³-hybridized carbons (Fsp3) is 0.455. The molecule has 0 atom stereocenters. The van der Waals surface area contributed by atoms with Crippen molar-refractivity contribution in [2.24, 2.45) is 5.41 Å². The van der Waals surface area contributed by atoms with Gasteiger partial charge in [0.2, 0.25) is 0 Å². The fourth-order valence-corrected chi connectivity index (χ4v) is 1.28.